The zero-order valence-corrected chi connectivity index (χ0v) is 10.0. The predicted octanol–water partition coefficient (Wildman–Crippen LogP) is -2.82. The van der Waals surface area contributed by atoms with Gasteiger partial charge in [0.2, 0.25) is 5.95 Å². The number of nitrogens with one attached hydrogen (secondary N) is 1. The van der Waals surface area contributed by atoms with Gasteiger partial charge in [0.25, 0.3) is 5.97 Å². The molecular weight excluding hydrogens is 256 g/mol. The van der Waals surface area contributed by atoms with Crippen LogP contribution in [0, 0.1) is 0 Å². The molecule has 1 aromatic rings. The van der Waals surface area contributed by atoms with Crippen LogP contribution in [0.4, 0.5) is 17.5 Å². The van der Waals surface area contributed by atoms with Crippen LogP contribution in [0.1, 0.15) is 0 Å². The second-order valence-electron chi connectivity index (χ2n) is 4.03. The number of fused-ring (bicyclic) bond motifs is 1. The molecule has 0 aliphatic carbocycles. The van der Waals surface area contributed by atoms with Crippen LogP contribution in [0.2, 0.25) is 0 Å². The van der Waals surface area contributed by atoms with Crippen LogP contribution in [-0.2, 0) is 4.74 Å². The van der Waals surface area contributed by atoms with Crippen LogP contribution >= 0.6 is 0 Å². The minimum Gasteiger partial charge on any atom is -0.394 e. The standard InChI is InChI=1S/C9H16N6O4/c10-8-12-1-6-7(13-8)15(9(11,18)14-6)4-19-5(2-16)3-17/h1,5,14,16-18H,2-4,11H2,(H2,10,12,13). The van der Waals surface area contributed by atoms with Gasteiger partial charge in [0, 0.05) is 0 Å². The Labute approximate surface area is 108 Å². The molecule has 10 nitrogen and oxygen atoms in total. The van der Waals surface area contributed by atoms with E-state index in [0.717, 1.165) is 0 Å². The van der Waals surface area contributed by atoms with E-state index in [-0.39, 0.29) is 31.7 Å². The van der Waals surface area contributed by atoms with Crippen molar-refractivity contribution in [3.63, 3.8) is 0 Å². The number of ether oxygens (including phenoxy) is 1. The number of rotatable bonds is 5. The first kappa shape index (κ1) is 13.7. The summed E-state index contributed by atoms with van der Waals surface area (Å²) in [4.78, 5) is 8.91. The van der Waals surface area contributed by atoms with Crippen molar-refractivity contribution in [2.75, 3.05) is 35.9 Å². The summed E-state index contributed by atoms with van der Waals surface area (Å²) in [5, 5.41) is 30.4. The maximum Gasteiger partial charge on any atom is 0.280 e. The second kappa shape index (κ2) is 5.11. The molecule has 0 bridgehead atoms. The molecule has 8 N–H and O–H groups in total. The lowest BCUT2D eigenvalue weighted by molar-refractivity contribution is -0.0395. The van der Waals surface area contributed by atoms with E-state index in [0.29, 0.717) is 5.69 Å². The Hall–Kier alpha value is -1.72. The van der Waals surface area contributed by atoms with E-state index in [2.05, 4.69) is 15.3 Å². The lowest BCUT2D eigenvalue weighted by Gasteiger charge is -2.30. The summed E-state index contributed by atoms with van der Waals surface area (Å²) in [6.45, 7) is -0.922. The zero-order chi connectivity index (χ0) is 14.0. The lowest BCUT2D eigenvalue weighted by atomic mass is 10.4. The molecule has 19 heavy (non-hydrogen) atoms. The summed E-state index contributed by atoms with van der Waals surface area (Å²) in [6, 6.07) is 0. The Morgan fingerprint density at radius 1 is 1.47 bits per heavy atom. The molecule has 0 spiro atoms. The lowest BCUT2D eigenvalue weighted by Crippen LogP contribution is -2.59. The van der Waals surface area contributed by atoms with Gasteiger partial charge in [-0.15, -0.1) is 0 Å². The number of nitrogens with zero attached hydrogens (tertiary/aromatic N) is 3. The highest BCUT2D eigenvalue weighted by Gasteiger charge is 2.40. The molecule has 1 aliphatic heterocycles. The molecule has 0 saturated heterocycles. The molecule has 1 aliphatic rings. The van der Waals surface area contributed by atoms with E-state index in [4.69, 9.17) is 26.4 Å². The van der Waals surface area contributed by atoms with Crippen molar-refractivity contribution in [2.24, 2.45) is 5.73 Å². The molecule has 106 valence electrons. The zero-order valence-electron chi connectivity index (χ0n) is 10.0. The fourth-order valence-corrected chi connectivity index (χ4v) is 1.61. The van der Waals surface area contributed by atoms with Crippen LogP contribution in [0.5, 0.6) is 0 Å². The SMILES string of the molecule is Nc1ncc2c(n1)N(COC(CO)CO)C(N)(O)N2. The van der Waals surface area contributed by atoms with Gasteiger partial charge >= 0.3 is 0 Å². The number of nitrogens with two attached hydrogens (primary N) is 2. The second-order valence-corrected chi connectivity index (χ2v) is 4.03. The molecular formula is C9H16N6O4. The highest BCUT2D eigenvalue weighted by molar-refractivity contribution is 5.72. The van der Waals surface area contributed by atoms with E-state index < -0.39 is 12.1 Å². The van der Waals surface area contributed by atoms with Gasteiger partial charge in [0.15, 0.2) is 5.82 Å². The summed E-state index contributed by atoms with van der Waals surface area (Å²) in [5.74, 6) is -1.63. The molecule has 1 unspecified atom stereocenters. The highest BCUT2D eigenvalue weighted by atomic mass is 16.5. The van der Waals surface area contributed by atoms with Gasteiger partial charge in [0.1, 0.15) is 18.5 Å². The fourth-order valence-electron chi connectivity index (χ4n) is 1.61. The highest BCUT2D eigenvalue weighted by Crippen LogP contribution is 2.34. The van der Waals surface area contributed by atoms with Crippen LogP contribution in [0.25, 0.3) is 0 Å². The average molecular weight is 272 g/mol. The van der Waals surface area contributed by atoms with Crippen LogP contribution in [0.3, 0.4) is 0 Å². The average Bonchev–Trinajstić information content (AvgIpc) is 2.61. The van der Waals surface area contributed by atoms with E-state index in [1.807, 2.05) is 0 Å². The summed E-state index contributed by atoms with van der Waals surface area (Å²) in [7, 11) is 0. The number of anilines is 3. The fraction of sp³-hybridized carbons (Fsp3) is 0.556. The van der Waals surface area contributed by atoms with E-state index >= 15 is 0 Å². The minimum absolute atomic E-state index is 0.0177. The number of hydrogen-bond donors (Lipinski definition) is 6. The smallest absolute Gasteiger partial charge is 0.280 e. The third-order valence-electron chi connectivity index (χ3n) is 2.62. The quantitative estimate of drug-likeness (QED) is 0.308. The molecule has 10 heteroatoms. The molecule has 0 amide bonds. The monoisotopic (exact) mass is 272 g/mol. The molecule has 0 saturated carbocycles. The van der Waals surface area contributed by atoms with Crippen molar-refractivity contribution < 1.29 is 20.1 Å². The van der Waals surface area contributed by atoms with Crippen molar-refractivity contribution in [3.8, 4) is 0 Å². The predicted molar refractivity (Wildman–Crippen MR) is 65.6 cm³/mol. The third kappa shape index (κ3) is 2.67. The number of nitrogen functional groups attached to an aromatic ring is 1. The van der Waals surface area contributed by atoms with E-state index in [9.17, 15) is 5.11 Å². The Morgan fingerprint density at radius 3 is 2.79 bits per heavy atom. The van der Waals surface area contributed by atoms with Crippen LogP contribution in [0.15, 0.2) is 6.20 Å². The van der Waals surface area contributed by atoms with Crippen molar-refractivity contribution in [1.29, 1.82) is 0 Å². The Bertz CT molecular complexity index is 452. The number of aromatic nitrogens is 2. The van der Waals surface area contributed by atoms with Crippen LogP contribution in [-0.4, -0.2) is 57.3 Å². The molecule has 0 aromatic carbocycles. The van der Waals surface area contributed by atoms with Gasteiger partial charge in [-0.3, -0.25) is 10.6 Å². The summed E-state index contributed by atoms with van der Waals surface area (Å²) >= 11 is 0. The number of aliphatic hydroxyl groups is 3. The van der Waals surface area contributed by atoms with Gasteiger partial charge in [-0.25, -0.2) is 4.98 Å². The topological polar surface area (TPSA) is 163 Å². The van der Waals surface area contributed by atoms with Gasteiger partial charge in [-0.05, 0) is 0 Å². The maximum absolute atomic E-state index is 10.0. The van der Waals surface area contributed by atoms with Crippen molar-refractivity contribution in [3.05, 3.63) is 6.20 Å². The summed E-state index contributed by atoms with van der Waals surface area (Å²) in [6.07, 6.45) is 0.601. The van der Waals surface area contributed by atoms with E-state index in [1.54, 1.807) is 0 Å². The number of hydrogen-bond acceptors (Lipinski definition) is 10. The Morgan fingerprint density at radius 2 is 2.16 bits per heavy atom. The minimum atomic E-state index is -1.92. The van der Waals surface area contributed by atoms with Crippen molar-refractivity contribution >= 4 is 17.5 Å². The Balaban J connectivity index is 2.17. The van der Waals surface area contributed by atoms with Crippen molar-refractivity contribution in [2.45, 2.75) is 12.1 Å². The normalized spacial score (nSPS) is 21.6. The Kier molecular flexibility index (Phi) is 3.68. The first-order chi connectivity index (χ1) is 8.97. The molecule has 0 fully saturated rings. The first-order valence-electron chi connectivity index (χ1n) is 5.51. The van der Waals surface area contributed by atoms with Gasteiger partial charge in [-0.2, -0.15) is 4.98 Å². The largest absolute Gasteiger partial charge is 0.394 e. The molecule has 2 heterocycles. The first-order valence-corrected chi connectivity index (χ1v) is 5.51. The van der Waals surface area contributed by atoms with Crippen LogP contribution < -0.4 is 21.7 Å². The molecule has 2 rings (SSSR count). The summed E-state index contributed by atoms with van der Waals surface area (Å²) in [5.41, 5.74) is 11.5. The van der Waals surface area contributed by atoms with Gasteiger partial charge in [0.05, 0.1) is 19.4 Å². The molecule has 1 atom stereocenters. The maximum atomic E-state index is 10.0. The molecule has 1 aromatic heterocycles. The van der Waals surface area contributed by atoms with Gasteiger partial charge in [-0.1, -0.05) is 0 Å². The van der Waals surface area contributed by atoms with E-state index in [1.165, 1.54) is 11.1 Å². The third-order valence-corrected chi connectivity index (χ3v) is 2.62. The molecule has 0 radical (unpaired) electrons. The summed E-state index contributed by atoms with van der Waals surface area (Å²) < 4.78 is 5.20. The number of aliphatic hydroxyl groups excluding tert-OH is 2. The van der Waals surface area contributed by atoms with Gasteiger partial charge < -0.3 is 31.1 Å². The van der Waals surface area contributed by atoms with Crippen molar-refractivity contribution in [1.82, 2.24) is 9.97 Å².